The number of cyclic esters (lactones) is 1. The zero-order valence-corrected chi connectivity index (χ0v) is 16.6. The molecule has 0 radical (unpaired) electrons. The molecule has 0 bridgehead atoms. The van der Waals surface area contributed by atoms with Gasteiger partial charge in [0.25, 0.3) is 0 Å². The van der Waals surface area contributed by atoms with E-state index in [1.165, 1.54) is 0 Å². The first kappa shape index (κ1) is 21.0. The minimum atomic E-state index is -1.10. The van der Waals surface area contributed by atoms with Crippen LogP contribution in [0, 0.1) is 0 Å². The Hall–Kier alpha value is -3.27. The van der Waals surface area contributed by atoms with E-state index in [0.717, 1.165) is 16.7 Å². The van der Waals surface area contributed by atoms with Crippen molar-refractivity contribution in [2.45, 2.75) is 33.3 Å². The highest BCUT2D eigenvalue weighted by Gasteiger charge is 2.48. The molecular weight excluding hydrogens is 352 g/mol. The predicted molar refractivity (Wildman–Crippen MR) is 111 cm³/mol. The van der Waals surface area contributed by atoms with Crippen LogP contribution in [-0.4, -0.2) is 16.2 Å². The van der Waals surface area contributed by atoms with Crippen molar-refractivity contribution in [1.82, 2.24) is 0 Å². The molecule has 0 saturated carbocycles. The maximum Gasteiger partial charge on any atom is 0.340 e. The maximum absolute atomic E-state index is 12.4. The predicted octanol–water partition coefficient (Wildman–Crippen LogP) is 5.61. The third kappa shape index (κ3) is 3.58. The number of phenols is 2. The van der Waals surface area contributed by atoms with Crippen LogP contribution in [0.5, 0.6) is 11.5 Å². The second kappa shape index (κ2) is 9.09. The summed E-state index contributed by atoms with van der Waals surface area (Å²) in [5.74, 6) is -0.124. The van der Waals surface area contributed by atoms with Gasteiger partial charge in [0.1, 0.15) is 11.5 Å². The molecule has 0 atom stereocenters. The number of phenolic OH excluding ortho intramolecular Hbond substituents is 2. The minimum Gasteiger partial charge on any atom is -0.508 e. The van der Waals surface area contributed by atoms with Crippen molar-refractivity contribution in [3.63, 3.8) is 0 Å². The van der Waals surface area contributed by atoms with Crippen LogP contribution in [0.1, 0.15) is 54.7 Å². The van der Waals surface area contributed by atoms with E-state index in [-0.39, 0.29) is 11.5 Å². The summed E-state index contributed by atoms with van der Waals surface area (Å²) in [6.07, 6.45) is 0. The Morgan fingerprint density at radius 2 is 1.11 bits per heavy atom. The van der Waals surface area contributed by atoms with Gasteiger partial charge >= 0.3 is 5.97 Å². The standard InChI is InChI=1S/C20H14O4.2C2H6/c21-15-9-5-13(6-10-15)20(14-7-11-16(22)12-8-14)18-4-2-1-3-17(18)19(23)24-20;2*1-2/h1-12,21-22H;2*1-2H3. The zero-order valence-electron chi connectivity index (χ0n) is 16.6. The van der Waals surface area contributed by atoms with E-state index in [0.29, 0.717) is 5.56 Å². The molecule has 1 aliphatic rings. The third-order valence-electron chi connectivity index (χ3n) is 4.32. The van der Waals surface area contributed by atoms with Crippen LogP contribution in [0.4, 0.5) is 0 Å². The smallest absolute Gasteiger partial charge is 0.340 e. The Balaban J connectivity index is 0.000000660. The van der Waals surface area contributed by atoms with E-state index >= 15 is 0 Å². The molecule has 146 valence electrons. The zero-order chi connectivity index (χ0) is 20.7. The number of benzene rings is 3. The van der Waals surface area contributed by atoms with Gasteiger partial charge in [-0.15, -0.1) is 0 Å². The summed E-state index contributed by atoms with van der Waals surface area (Å²) in [7, 11) is 0. The fraction of sp³-hybridized carbons (Fsp3) is 0.208. The van der Waals surface area contributed by atoms with Gasteiger partial charge in [-0.1, -0.05) is 70.2 Å². The molecule has 0 saturated heterocycles. The third-order valence-corrected chi connectivity index (χ3v) is 4.32. The Morgan fingerprint density at radius 1 is 0.679 bits per heavy atom. The van der Waals surface area contributed by atoms with Gasteiger partial charge < -0.3 is 14.9 Å². The van der Waals surface area contributed by atoms with Gasteiger partial charge in [-0.05, 0) is 30.3 Å². The fourth-order valence-electron chi connectivity index (χ4n) is 3.20. The minimum absolute atomic E-state index is 0.136. The van der Waals surface area contributed by atoms with Gasteiger partial charge in [-0.25, -0.2) is 4.79 Å². The largest absolute Gasteiger partial charge is 0.508 e. The van der Waals surface area contributed by atoms with E-state index in [1.54, 1.807) is 60.7 Å². The molecule has 0 spiro atoms. The molecule has 4 heteroatoms. The Kier molecular flexibility index (Phi) is 6.83. The number of fused-ring (bicyclic) bond motifs is 1. The highest BCUT2D eigenvalue weighted by molar-refractivity contribution is 5.96. The first-order valence-electron chi connectivity index (χ1n) is 9.53. The molecule has 3 aromatic carbocycles. The summed E-state index contributed by atoms with van der Waals surface area (Å²) >= 11 is 0. The maximum atomic E-state index is 12.4. The van der Waals surface area contributed by atoms with Crippen LogP contribution >= 0.6 is 0 Å². The number of hydrogen-bond acceptors (Lipinski definition) is 4. The number of aromatic hydroxyl groups is 2. The second-order valence-corrected chi connectivity index (χ2v) is 5.71. The van der Waals surface area contributed by atoms with E-state index in [9.17, 15) is 15.0 Å². The Labute approximate surface area is 166 Å². The average molecular weight is 378 g/mol. The van der Waals surface area contributed by atoms with Crippen LogP contribution in [0.3, 0.4) is 0 Å². The van der Waals surface area contributed by atoms with Crippen molar-refractivity contribution in [1.29, 1.82) is 0 Å². The molecule has 0 amide bonds. The van der Waals surface area contributed by atoms with Gasteiger partial charge in [-0.2, -0.15) is 0 Å². The highest BCUT2D eigenvalue weighted by Crippen LogP contribution is 2.47. The normalized spacial score (nSPS) is 13.2. The molecule has 1 aliphatic heterocycles. The number of ether oxygens (including phenoxy) is 1. The molecule has 3 aromatic rings. The molecule has 0 aliphatic carbocycles. The lowest BCUT2D eigenvalue weighted by atomic mass is 9.80. The van der Waals surface area contributed by atoms with Gasteiger partial charge in [0, 0.05) is 16.7 Å². The summed E-state index contributed by atoms with van der Waals surface area (Å²) in [4.78, 5) is 12.4. The van der Waals surface area contributed by atoms with Crippen molar-refractivity contribution in [3.8, 4) is 11.5 Å². The van der Waals surface area contributed by atoms with Crippen LogP contribution in [0.15, 0.2) is 72.8 Å². The molecule has 28 heavy (non-hydrogen) atoms. The van der Waals surface area contributed by atoms with E-state index in [1.807, 2.05) is 39.8 Å². The fourth-order valence-corrected chi connectivity index (χ4v) is 3.20. The Bertz CT molecular complexity index is 867. The summed E-state index contributed by atoms with van der Waals surface area (Å²) < 4.78 is 5.87. The molecule has 0 fully saturated rings. The lowest BCUT2D eigenvalue weighted by Crippen LogP contribution is -2.29. The van der Waals surface area contributed by atoms with Crippen molar-refractivity contribution in [3.05, 3.63) is 95.1 Å². The molecule has 1 heterocycles. The molecule has 4 nitrogen and oxygen atoms in total. The SMILES string of the molecule is CC.CC.O=C1OC(c2ccc(O)cc2)(c2ccc(O)cc2)c2ccccc21. The summed E-state index contributed by atoms with van der Waals surface area (Å²) in [5, 5.41) is 19.2. The summed E-state index contributed by atoms with van der Waals surface area (Å²) in [6.45, 7) is 8.00. The monoisotopic (exact) mass is 378 g/mol. The van der Waals surface area contributed by atoms with Gasteiger partial charge in [0.2, 0.25) is 0 Å². The van der Waals surface area contributed by atoms with Crippen molar-refractivity contribution in [2.24, 2.45) is 0 Å². The molecule has 0 aromatic heterocycles. The lowest BCUT2D eigenvalue weighted by Gasteiger charge is -2.30. The molecule has 4 rings (SSSR count). The van der Waals surface area contributed by atoms with E-state index < -0.39 is 11.6 Å². The average Bonchev–Trinajstić information content (AvgIpc) is 3.06. The number of carbonyl (C=O) groups is 1. The number of rotatable bonds is 2. The second-order valence-electron chi connectivity index (χ2n) is 5.71. The van der Waals surface area contributed by atoms with Crippen LogP contribution in [0.2, 0.25) is 0 Å². The van der Waals surface area contributed by atoms with Crippen LogP contribution in [0.25, 0.3) is 0 Å². The highest BCUT2D eigenvalue weighted by atomic mass is 16.6. The van der Waals surface area contributed by atoms with Gasteiger partial charge in [0.15, 0.2) is 5.60 Å². The summed E-state index contributed by atoms with van der Waals surface area (Å²) in [5.41, 5.74) is 1.60. The van der Waals surface area contributed by atoms with Gasteiger partial charge in [-0.3, -0.25) is 0 Å². The first-order chi connectivity index (χ1) is 13.6. The van der Waals surface area contributed by atoms with Crippen LogP contribution in [-0.2, 0) is 10.3 Å². The topological polar surface area (TPSA) is 66.8 Å². The van der Waals surface area contributed by atoms with Gasteiger partial charge in [0.05, 0.1) is 5.56 Å². The summed E-state index contributed by atoms with van der Waals surface area (Å²) in [6, 6.07) is 20.4. The van der Waals surface area contributed by atoms with Crippen molar-refractivity contribution >= 4 is 5.97 Å². The number of esters is 1. The number of hydrogen-bond donors (Lipinski definition) is 2. The Morgan fingerprint density at radius 3 is 1.57 bits per heavy atom. The van der Waals surface area contributed by atoms with Crippen LogP contribution < -0.4 is 0 Å². The lowest BCUT2D eigenvalue weighted by molar-refractivity contribution is 0.0251. The number of carbonyl (C=O) groups excluding carboxylic acids is 1. The van der Waals surface area contributed by atoms with E-state index in [2.05, 4.69) is 0 Å². The first-order valence-corrected chi connectivity index (χ1v) is 9.53. The molecule has 2 N–H and O–H groups in total. The van der Waals surface area contributed by atoms with E-state index in [4.69, 9.17) is 4.74 Å². The van der Waals surface area contributed by atoms with Crippen molar-refractivity contribution < 1.29 is 19.7 Å². The molecule has 0 unspecified atom stereocenters. The molecular formula is C24H26O4. The quantitative estimate of drug-likeness (QED) is 0.569. The van der Waals surface area contributed by atoms with Crippen molar-refractivity contribution in [2.75, 3.05) is 0 Å².